The van der Waals surface area contributed by atoms with Crippen LogP contribution in [0.3, 0.4) is 0 Å². The van der Waals surface area contributed by atoms with Gasteiger partial charge in [0.15, 0.2) is 11.4 Å². The zero-order valence-corrected chi connectivity index (χ0v) is 16.8. The number of methoxy groups -OCH3 is 1. The number of rotatable bonds is 7. The number of hydrogen-bond donors (Lipinski definition) is 1. The van der Waals surface area contributed by atoms with E-state index < -0.39 is 23.9 Å². The molecule has 0 aromatic carbocycles. The van der Waals surface area contributed by atoms with Crippen LogP contribution in [-0.4, -0.2) is 42.1 Å². The Hall–Kier alpha value is -2.64. The lowest BCUT2D eigenvalue weighted by molar-refractivity contribution is -0.153. The second-order valence-corrected chi connectivity index (χ2v) is 7.02. The molecule has 2 rings (SSSR count). The molecular formula is C20H28N2O6. The molecule has 1 fully saturated rings. The summed E-state index contributed by atoms with van der Waals surface area (Å²) in [4.78, 5) is 40.3. The van der Waals surface area contributed by atoms with Gasteiger partial charge in [0.05, 0.1) is 7.11 Å². The third-order valence-electron chi connectivity index (χ3n) is 4.87. The van der Waals surface area contributed by atoms with E-state index >= 15 is 0 Å². The molecule has 0 unspecified atom stereocenters. The molecule has 0 radical (unpaired) electrons. The fourth-order valence-corrected chi connectivity index (χ4v) is 3.30. The molecule has 28 heavy (non-hydrogen) atoms. The number of ether oxygens (including phenoxy) is 3. The van der Waals surface area contributed by atoms with Crippen molar-refractivity contribution in [1.82, 2.24) is 10.3 Å². The molecule has 1 N–H and O–H groups in total. The molecular weight excluding hydrogens is 364 g/mol. The molecule has 0 aliphatic heterocycles. The highest BCUT2D eigenvalue weighted by Gasteiger charge is 2.28. The molecule has 0 spiro atoms. The Morgan fingerprint density at radius 2 is 1.86 bits per heavy atom. The molecule has 1 saturated carbocycles. The minimum atomic E-state index is -0.878. The predicted molar refractivity (Wildman–Crippen MR) is 101 cm³/mol. The summed E-state index contributed by atoms with van der Waals surface area (Å²) in [7, 11) is 1.39. The Labute approximate surface area is 164 Å². The molecule has 0 bridgehead atoms. The molecule has 8 heteroatoms. The highest BCUT2D eigenvalue weighted by molar-refractivity contribution is 5.98. The lowest BCUT2D eigenvalue weighted by Gasteiger charge is -2.28. The van der Waals surface area contributed by atoms with Crippen LogP contribution in [0.2, 0.25) is 0 Å². The maximum atomic E-state index is 12.6. The first kappa shape index (κ1) is 21.7. The van der Waals surface area contributed by atoms with E-state index in [2.05, 4.69) is 10.3 Å². The van der Waals surface area contributed by atoms with Crippen LogP contribution in [0.25, 0.3) is 0 Å². The number of pyridine rings is 1. The molecule has 2 atom stereocenters. The van der Waals surface area contributed by atoms with E-state index in [1.807, 2.05) is 6.92 Å². The van der Waals surface area contributed by atoms with E-state index in [-0.39, 0.29) is 23.3 Å². The summed E-state index contributed by atoms with van der Waals surface area (Å²) in [5.74, 6) is -1.33. The maximum Gasteiger partial charge on any atom is 0.328 e. The number of aromatic nitrogens is 1. The summed E-state index contributed by atoms with van der Waals surface area (Å²) >= 11 is 0. The number of carbonyl (C=O) groups excluding carboxylic acids is 3. The molecule has 1 aliphatic carbocycles. The second-order valence-electron chi connectivity index (χ2n) is 7.02. The van der Waals surface area contributed by atoms with Gasteiger partial charge in [-0.3, -0.25) is 9.59 Å². The van der Waals surface area contributed by atoms with Gasteiger partial charge in [0.25, 0.3) is 5.91 Å². The molecule has 0 saturated heterocycles. The largest absolute Gasteiger partial charge is 0.493 e. The van der Waals surface area contributed by atoms with Crippen LogP contribution in [0.5, 0.6) is 11.5 Å². The first-order valence-corrected chi connectivity index (χ1v) is 9.56. The Bertz CT molecular complexity index is 715. The summed E-state index contributed by atoms with van der Waals surface area (Å²) < 4.78 is 15.7. The van der Waals surface area contributed by atoms with Gasteiger partial charge >= 0.3 is 11.9 Å². The number of nitrogens with one attached hydrogen (secondary N) is 1. The summed E-state index contributed by atoms with van der Waals surface area (Å²) in [5.41, 5.74) is -0.144. The summed E-state index contributed by atoms with van der Waals surface area (Å²) in [6.07, 6.45) is 6.79. The molecule has 1 aromatic rings. The standard InChI is InChI=1S/C20H28N2O6/c1-12(20(25)27-13(2)15-8-6-5-7-9-15)22-19(24)17-18(28-14(3)23)16(26-4)10-11-21-17/h10-13,15H,5-9H2,1-4H3,(H,22,24)/t12-,13-/m0/s1. The van der Waals surface area contributed by atoms with Crippen LogP contribution in [-0.2, 0) is 14.3 Å². The average Bonchev–Trinajstić information content (AvgIpc) is 2.68. The molecule has 8 nitrogen and oxygen atoms in total. The second kappa shape index (κ2) is 10.1. The maximum absolute atomic E-state index is 12.6. The van der Waals surface area contributed by atoms with Crippen LogP contribution in [0, 0.1) is 5.92 Å². The van der Waals surface area contributed by atoms with Crippen molar-refractivity contribution in [2.24, 2.45) is 5.92 Å². The fraction of sp³-hybridized carbons (Fsp3) is 0.600. The van der Waals surface area contributed by atoms with E-state index in [1.54, 1.807) is 6.92 Å². The van der Waals surface area contributed by atoms with Crippen molar-refractivity contribution >= 4 is 17.8 Å². The number of carbonyl (C=O) groups is 3. The zero-order valence-electron chi connectivity index (χ0n) is 16.8. The van der Waals surface area contributed by atoms with Crippen LogP contribution in [0.4, 0.5) is 0 Å². The Balaban J connectivity index is 2.03. The smallest absolute Gasteiger partial charge is 0.328 e. The first-order valence-electron chi connectivity index (χ1n) is 9.56. The Morgan fingerprint density at radius 3 is 2.46 bits per heavy atom. The van der Waals surface area contributed by atoms with Crippen LogP contribution in [0.1, 0.15) is 63.4 Å². The van der Waals surface area contributed by atoms with Gasteiger partial charge in [-0.1, -0.05) is 19.3 Å². The number of esters is 2. The van der Waals surface area contributed by atoms with Gasteiger partial charge in [-0.25, -0.2) is 9.78 Å². The van der Waals surface area contributed by atoms with Crippen LogP contribution < -0.4 is 14.8 Å². The Kier molecular flexibility index (Phi) is 7.78. The van der Waals surface area contributed by atoms with E-state index in [0.29, 0.717) is 5.92 Å². The van der Waals surface area contributed by atoms with Crippen LogP contribution in [0.15, 0.2) is 12.3 Å². The van der Waals surface area contributed by atoms with Crippen molar-refractivity contribution in [3.8, 4) is 11.5 Å². The van der Waals surface area contributed by atoms with Crippen molar-refractivity contribution < 1.29 is 28.6 Å². The molecule has 1 amide bonds. The van der Waals surface area contributed by atoms with Gasteiger partial charge in [-0.2, -0.15) is 0 Å². The number of amides is 1. The van der Waals surface area contributed by atoms with Gasteiger partial charge in [-0.15, -0.1) is 0 Å². The van der Waals surface area contributed by atoms with Gasteiger partial charge in [0.1, 0.15) is 12.1 Å². The van der Waals surface area contributed by atoms with Crippen molar-refractivity contribution in [2.75, 3.05) is 7.11 Å². The molecule has 1 heterocycles. The molecule has 1 aromatic heterocycles. The lowest BCUT2D eigenvalue weighted by Crippen LogP contribution is -2.42. The predicted octanol–water partition coefficient (Wildman–Crippen LogP) is 2.65. The monoisotopic (exact) mass is 392 g/mol. The van der Waals surface area contributed by atoms with E-state index in [0.717, 1.165) is 25.7 Å². The van der Waals surface area contributed by atoms with Crippen LogP contribution >= 0.6 is 0 Å². The Morgan fingerprint density at radius 1 is 1.18 bits per heavy atom. The van der Waals surface area contributed by atoms with E-state index in [4.69, 9.17) is 14.2 Å². The molecule has 1 aliphatic rings. The van der Waals surface area contributed by atoms with E-state index in [1.165, 1.54) is 32.7 Å². The minimum absolute atomic E-state index is 0.0915. The highest BCUT2D eigenvalue weighted by atomic mass is 16.6. The summed E-state index contributed by atoms with van der Waals surface area (Å²) in [6.45, 7) is 4.64. The van der Waals surface area contributed by atoms with Gasteiger partial charge in [0.2, 0.25) is 5.75 Å². The first-order chi connectivity index (χ1) is 13.3. The third-order valence-corrected chi connectivity index (χ3v) is 4.87. The normalized spacial score (nSPS) is 16.6. The lowest BCUT2D eigenvalue weighted by atomic mass is 9.86. The quantitative estimate of drug-likeness (QED) is 0.711. The summed E-state index contributed by atoms with van der Waals surface area (Å²) in [5, 5.41) is 2.55. The van der Waals surface area contributed by atoms with Crippen molar-refractivity contribution in [3.63, 3.8) is 0 Å². The van der Waals surface area contributed by atoms with E-state index in [9.17, 15) is 14.4 Å². The zero-order chi connectivity index (χ0) is 20.7. The fourth-order valence-electron chi connectivity index (χ4n) is 3.30. The topological polar surface area (TPSA) is 104 Å². The number of hydrogen-bond acceptors (Lipinski definition) is 7. The van der Waals surface area contributed by atoms with Crippen molar-refractivity contribution in [2.45, 2.75) is 65.0 Å². The average molecular weight is 392 g/mol. The molecule has 154 valence electrons. The van der Waals surface area contributed by atoms with Crippen molar-refractivity contribution in [3.05, 3.63) is 18.0 Å². The summed E-state index contributed by atoms with van der Waals surface area (Å²) in [6, 6.07) is 0.593. The van der Waals surface area contributed by atoms with Gasteiger partial charge in [-0.05, 0) is 32.6 Å². The van der Waals surface area contributed by atoms with Gasteiger partial charge < -0.3 is 19.5 Å². The van der Waals surface area contributed by atoms with Gasteiger partial charge in [0, 0.05) is 19.2 Å². The minimum Gasteiger partial charge on any atom is -0.493 e. The number of nitrogens with zero attached hydrogens (tertiary/aromatic N) is 1. The highest BCUT2D eigenvalue weighted by Crippen LogP contribution is 2.30. The third kappa shape index (κ3) is 5.68. The van der Waals surface area contributed by atoms with Crippen molar-refractivity contribution in [1.29, 1.82) is 0 Å². The SMILES string of the molecule is COc1ccnc(C(=O)N[C@@H](C)C(=O)O[C@@H](C)C2CCCCC2)c1OC(C)=O.